The maximum Gasteiger partial charge on any atom is 0.266 e. The molecule has 3 amide bonds. The smallest absolute Gasteiger partial charge is 0.266 e. The molecule has 1 aliphatic rings. The van der Waals surface area contributed by atoms with Gasteiger partial charge in [0.1, 0.15) is 0 Å². The molecule has 7 heteroatoms. The van der Waals surface area contributed by atoms with Crippen LogP contribution in [-0.2, 0) is 6.42 Å². The summed E-state index contributed by atoms with van der Waals surface area (Å²) >= 11 is 1.43. The number of carbonyl (C=O) groups excluding carboxylic acids is 3. The van der Waals surface area contributed by atoms with Gasteiger partial charge in [-0.3, -0.25) is 19.7 Å². The van der Waals surface area contributed by atoms with Crippen LogP contribution in [0.25, 0.3) is 10.2 Å². The summed E-state index contributed by atoms with van der Waals surface area (Å²) in [5.41, 5.74) is 3.54. The normalized spacial score (nSPS) is 12.9. The largest absolute Gasteiger partial charge is 0.298 e. The number of hydrogen-bond donors (Lipinski definition) is 1. The van der Waals surface area contributed by atoms with Crippen LogP contribution in [0.3, 0.4) is 0 Å². The van der Waals surface area contributed by atoms with Gasteiger partial charge in [-0.25, -0.2) is 9.88 Å². The lowest BCUT2D eigenvalue weighted by Crippen LogP contribution is -2.29. The number of carbonyl (C=O) groups is 3. The van der Waals surface area contributed by atoms with Gasteiger partial charge in [-0.05, 0) is 60.9 Å². The Morgan fingerprint density at radius 3 is 2.45 bits per heavy atom. The SMILES string of the molecule is CCCCc1ccc2nc(NC(=O)c3cccc(N4C(=O)c5ccccc5C4=O)c3)sc2c1. The topological polar surface area (TPSA) is 79.4 Å². The van der Waals surface area contributed by atoms with E-state index in [2.05, 4.69) is 29.4 Å². The van der Waals surface area contributed by atoms with Gasteiger partial charge in [0.15, 0.2) is 5.13 Å². The molecule has 164 valence electrons. The fourth-order valence-corrected chi connectivity index (χ4v) is 4.86. The molecule has 0 spiro atoms. The van der Waals surface area contributed by atoms with E-state index < -0.39 is 11.8 Å². The molecular formula is C26H21N3O3S. The number of hydrogen-bond acceptors (Lipinski definition) is 5. The van der Waals surface area contributed by atoms with Crippen molar-refractivity contribution in [3.8, 4) is 0 Å². The van der Waals surface area contributed by atoms with E-state index in [4.69, 9.17) is 0 Å². The molecule has 6 nitrogen and oxygen atoms in total. The lowest BCUT2D eigenvalue weighted by Gasteiger charge is -2.14. The quantitative estimate of drug-likeness (QED) is 0.379. The number of anilines is 2. The zero-order valence-electron chi connectivity index (χ0n) is 18.0. The molecule has 3 aromatic carbocycles. The molecule has 0 fully saturated rings. The van der Waals surface area contributed by atoms with E-state index in [0.29, 0.717) is 27.5 Å². The van der Waals surface area contributed by atoms with Gasteiger partial charge >= 0.3 is 0 Å². The minimum atomic E-state index is -0.391. The predicted octanol–water partition coefficient (Wildman–Crippen LogP) is 5.69. The van der Waals surface area contributed by atoms with E-state index >= 15 is 0 Å². The third kappa shape index (κ3) is 3.91. The second-order valence-electron chi connectivity index (χ2n) is 7.92. The average Bonchev–Trinajstić information content (AvgIpc) is 3.35. The summed E-state index contributed by atoms with van der Waals surface area (Å²) in [6, 6.07) is 19.4. The molecule has 0 radical (unpaired) electrons. The summed E-state index contributed by atoms with van der Waals surface area (Å²) in [5, 5.41) is 3.36. The number of nitrogens with zero attached hydrogens (tertiary/aromatic N) is 2. The molecule has 5 rings (SSSR count). The molecule has 1 N–H and O–H groups in total. The van der Waals surface area contributed by atoms with Gasteiger partial charge in [0.05, 0.1) is 27.0 Å². The zero-order chi connectivity index (χ0) is 22.9. The highest BCUT2D eigenvalue weighted by Gasteiger charge is 2.36. The van der Waals surface area contributed by atoms with Crippen molar-refractivity contribution in [3.05, 3.63) is 89.0 Å². The fraction of sp³-hybridized carbons (Fsp3) is 0.154. The summed E-state index contributed by atoms with van der Waals surface area (Å²) in [4.78, 5) is 44.1. The second kappa shape index (κ2) is 8.60. The van der Waals surface area contributed by atoms with Crippen molar-refractivity contribution in [3.63, 3.8) is 0 Å². The third-order valence-electron chi connectivity index (χ3n) is 5.65. The van der Waals surface area contributed by atoms with Gasteiger partial charge in [0.25, 0.3) is 17.7 Å². The summed E-state index contributed by atoms with van der Waals surface area (Å²) < 4.78 is 1.03. The molecule has 2 heterocycles. The van der Waals surface area contributed by atoms with E-state index in [1.807, 2.05) is 6.07 Å². The van der Waals surface area contributed by atoms with Gasteiger partial charge < -0.3 is 0 Å². The summed E-state index contributed by atoms with van der Waals surface area (Å²) in [5.74, 6) is -1.13. The van der Waals surface area contributed by atoms with Crippen LogP contribution in [0, 0.1) is 0 Å². The number of rotatable bonds is 6. The number of nitrogens with one attached hydrogen (secondary N) is 1. The number of aryl methyl sites for hydroxylation is 1. The Labute approximate surface area is 194 Å². The van der Waals surface area contributed by atoms with Crippen molar-refractivity contribution in [2.75, 3.05) is 10.2 Å². The van der Waals surface area contributed by atoms with Crippen LogP contribution in [0.4, 0.5) is 10.8 Å². The van der Waals surface area contributed by atoms with Crippen LogP contribution in [0.1, 0.15) is 56.4 Å². The number of fused-ring (bicyclic) bond motifs is 2. The second-order valence-corrected chi connectivity index (χ2v) is 8.95. The number of imide groups is 1. The minimum absolute atomic E-state index is 0.340. The average molecular weight is 456 g/mol. The first-order valence-corrected chi connectivity index (χ1v) is 11.7. The van der Waals surface area contributed by atoms with Crippen molar-refractivity contribution in [1.82, 2.24) is 4.98 Å². The minimum Gasteiger partial charge on any atom is -0.298 e. The molecule has 33 heavy (non-hydrogen) atoms. The van der Waals surface area contributed by atoms with Gasteiger partial charge in [-0.1, -0.05) is 48.9 Å². The molecule has 0 unspecified atom stereocenters. The monoisotopic (exact) mass is 455 g/mol. The summed E-state index contributed by atoms with van der Waals surface area (Å²) in [6.45, 7) is 2.17. The molecule has 0 aliphatic carbocycles. The van der Waals surface area contributed by atoms with Gasteiger partial charge in [-0.15, -0.1) is 0 Å². The Kier molecular flexibility index (Phi) is 5.48. The Morgan fingerprint density at radius 2 is 1.73 bits per heavy atom. The first-order chi connectivity index (χ1) is 16.0. The van der Waals surface area contributed by atoms with Crippen molar-refractivity contribution < 1.29 is 14.4 Å². The molecule has 0 atom stereocenters. The van der Waals surface area contributed by atoms with Crippen molar-refractivity contribution in [2.24, 2.45) is 0 Å². The maximum absolute atomic E-state index is 12.9. The highest BCUT2D eigenvalue weighted by Crippen LogP contribution is 2.30. The maximum atomic E-state index is 12.9. The molecule has 0 saturated carbocycles. The van der Waals surface area contributed by atoms with Crippen molar-refractivity contribution in [2.45, 2.75) is 26.2 Å². The van der Waals surface area contributed by atoms with Crippen LogP contribution < -0.4 is 10.2 Å². The third-order valence-corrected chi connectivity index (χ3v) is 6.59. The van der Waals surface area contributed by atoms with Crippen LogP contribution in [0.5, 0.6) is 0 Å². The van der Waals surface area contributed by atoms with Crippen LogP contribution >= 0.6 is 11.3 Å². The number of unbranched alkanes of at least 4 members (excludes halogenated alkanes) is 1. The standard InChI is InChI=1S/C26H21N3O3S/c1-2-3-7-16-12-13-21-22(14-16)33-26(27-21)28-23(30)17-8-6-9-18(15-17)29-24(31)19-10-4-5-11-20(19)25(29)32/h4-6,8-15H,2-3,7H2,1H3,(H,27,28,30). The predicted molar refractivity (Wildman–Crippen MR) is 130 cm³/mol. The first kappa shape index (κ1) is 21.0. The molecular weight excluding hydrogens is 434 g/mol. The number of benzene rings is 3. The number of aromatic nitrogens is 1. The van der Waals surface area contributed by atoms with Crippen LogP contribution in [0.15, 0.2) is 66.7 Å². The van der Waals surface area contributed by atoms with Crippen LogP contribution in [0.2, 0.25) is 0 Å². The van der Waals surface area contributed by atoms with E-state index in [0.717, 1.165) is 34.4 Å². The lowest BCUT2D eigenvalue weighted by molar-refractivity contribution is 0.0924. The van der Waals surface area contributed by atoms with Gasteiger partial charge in [0, 0.05) is 5.56 Å². The first-order valence-electron chi connectivity index (χ1n) is 10.8. The zero-order valence-corrected chi connectivity index (χ0v) is 18.8. The summed E-state index contributed by atoms with van der Waals surface area (Å²) in [6.07, 6.45) is 3.30. The van der Waals surface area contributed by atoms with Gasteiger partial charge in [-0.2, -0.15) is 0 Å². The fourth-order valence-electron chi connectivity index (χ4n) is 3.94. The molecule has 0 saturated heterocycles. The Bertz CT molecular complexity index is 1370. The number of amides is 3. The van der Waals surface area contributed by atoms with E-state index in [9.17, 15) is 14.4 Å². The Hall–Kier alpha value is -3.84. The van der Waals surface area contributed by atoms with E-state index in [1.54, 1.807) is 48.5 Å². The Morgan fingerprint density at radius 1 is 0.970 bits per heavy atom. The van der Waals surface area contributed by atoms with Crippen molar-refractivity contribution >= 4 is 50.1 Å². The molecule has 0 bridgehead atoms. The number of thiazole rings is 1. The van der Waals surface area contributed by atoms with Gasteiger partial charge in [0.2, 0.25) is 0 Å². The summed E-state index contributed by atoms with van der Waals surface area (Å²) in [7, 11) is 0. The van der Waals surface area contributed by atoms with Crippen LogP contribution in [-0.4, -0.2) is 22.7 Å². The van der Waals surface area contributed by atoms with Crippen molar-refractivity contribution in [1.29, 1.82) is 0 Å². The Balaban J connectivity index is 1.37. The lowest BCUT2D eigenvalue weighted by atomic mass is 10.1. The molecule has 1 aliphatic heterocycles. The highest BCUT2D eigenvalue weighted by atomic mass is 32.1. The van der Waals surface area contributed by atoms with E-state index in [-0.39, 0.29) is 5.91 Å². The van der Waals surface area contributed by atoms with E-state index in [1.165, 1.54) is 16.9 Å². The molecule has 1 aromatic heterocycles. The molecule has 4 aromatic rings. The highest BCUT2D eigenvalue weighted by molar-refractivity contribution is 7.22.